The van der Waals surface area contributed by atoms with Crippen LogP contribution in [-0.4, -0.2) is 58.3 Å². The first kappa shape index (κ1) is 30.2. The number of ether oxygens (including phenoxy) is 1. The predicted molar refractivity (Wildman–Crippen MR) is 144 cm³/mol. The molecule has 5 N–H and O–H groups in total. The number of nitrogens with two attached hydrogens (primary N) is 1. The summed E-state index contributed by atoms with van der Waals surface area (Å²) in [6, 6.07) is 5.34. The Labute approximate surface area is 216 Å². The van der Waals surface area contributed by atoms with Crippen molar-refractivity contribution in [3.8, 4) is 0 Å². The van der Waals surface area contributed by atoms with Crippen LogP contribution in [0.5, 0.6) is 0 Å². The van der Waals surface area contributed by atoms with Crippen LogP contribution in [0.15, 0.2) is 24.4 Å². The van der Waals surface area contributed by atoms with Crippen molar-refractivity contribution in [2.75, 3.05) is 20.3 Å². The Hall–Kier alpha value is -2.00. The Bertz CT molecular complexity index is 943. The van der Waals surface area contributed by atoms with E-state index in [9.17, 15) is 15.0 Å². The summed E-state index contributed by atoms with van der Waals surface area (Å²) in [4.78, 5) is 12.6. The highest BCUT2D eigenvalue weighted by Crippen LogP contribution is 2.33. The van der Waals surface area contributed by atoms with Gasteiger partial charge in [0.1, 0.15) is 0 Å². The second-order valence-corrected chi connectivity index (χ2v) is 11.0. The van der Waals surface area contributed by atoms with Gasteiger partial charge in [-0.2, -0.15) is 5.10 Å². The average molecular weight is 505 g/mol. The van der Waals surface area contributed by atoms with Gasteiger partial charge in [0.05, 0.1) is 23.9 Å². The molecule has 8 heteroatoms. The number of hydrogen-bond acceptors (Lipinski definition) is 6. The summed E-state index contributed by atoms with van der Waals surface area (Å²) in [5, 5.41) is 30.4. The third-order valence-electron chi connectivity index (χ3n) is 7.27. The van der Waals surface area contributed by atoms with Gasteiger partial charge in [0.15, 0.2) is 0 Å². The molecule has 8 nitrogen and oxygen atoms in total. The van der Waals surface area contributed by atoms with Crippen LogP contribution in [-0.2, 0) is 16.1 Å². The van der Waals surface area contributed by atoms with E-state index in [0.29, 0.717) is 13.0 Å². The molecule has 2 rings (SSSR count). The quantitative estimate of drug-likeness (QED) is 0.258. The first-order chi connectivity index (χ1) is 17.0. The minimum absolute atomic E-state index is 0.0712. The van der Waals surface area contributed by atoms with Gasteiger partial charge >= 0.3 is 0 Å². The Morgan fingerprint density at radius 1 is 1.25 bits per heavy atom. The standard InChI is InChI=1S/C28H48N4O4/c1-7-8-12-28(4,5)27(35)30-18-25(33)23(29)16-22(19(2)3)26(34)20-10-11-21-17-31-32(24(21)15-20)13-9-14-36-6/h10-11,15,17,19,22-23,25-26,33-34H,7-9,12-14,16,18,29H2,1-6H3,(H,30,35)/t22?,23?,25-,26?/m0/s1. The van der Waals surface area contributed by atoms with Gasteiger partial charge in [-0.25, -0.2) is 0 Å². The van der Waals surface area contributed by atoms with E-state index in [-0.39, 0.29) is 24.3 Å². The summed E-state index contributed by atoms with van der Waals surface area (Å²) in [5.41, 5.74) is 7.68. The third-order valence-corrected chi connectivity index (χ3v) is 7.27. The molecule has 0 aliphatic carbocycles. The topological polar surface area (TPSA) is 123 Å². The second-order valence-electron chi connectivity index (χ2n) is 11.0. The van der Waals surface area contributed by atoms with E-state index in [1.54, 1.807) is 7.11 Å². The number of amides is 1. The normalized spacial score (nSPS) is 15.7. The molecular weight excluding hydrogens is 456 g/mol. The first-order valence-corrected chi connectivity index (χ1v) is 13.4. The molecule has 204 valence electrons. The molecule has 4 atom stereocenters. The number of aliphatic hydroxyl groups is 2. The molecule has 3 unspecified atom stereocenters. The molecule has 36 heavy (non-hydrogen) atoms. The third kappa shape index (κ3) is 8.26. The van der Waals surface area contributed by atoms with Crippen LogP contribution < -0.4 is 11.1 Å². The van der Waals surface area contributed by atoms with Gasteiger partial charge in [-0.05, 0) is 42.7 Å². The number of aromatic nitrogens is 2. The molecule has 1 amide bonds. The van der Waals surface area contributed by atoms with Crippen molar-refractivity contribution in [3.05, 3.63) is 30.0 Å². The van der Waals surface area contributed by atoms with Gasteiger partial charge in [-0.3, -0.25) is 9.48 Å². The minimum atomic E-state index is -0.894. The molecule has 0 saturated carbocycles. The van der Waals surface area contributed by atoms with E-state index in [1.165, 1.54) is 0 Å². The number of nitrogens with one attached hydrogen (secondary N) is 1. The molecule has 0 bridgehead atoms. The SMILES string of the molecule is CCCCC(C)(C)C(=O)NC[C@H](O)C(N)CC(C(C)C)C(O)c1ccc2cnn(CCCOC)c2c1. The number of hydrogen-bond donors (Lipinski definition) is 4. The van der Waals surface area contributed by atoms with Crippen molar-refractivity contribution >= 4 is 16.8 Å². The molecule has 0 aliphatic heterocycles. The van der Waals surface area contributed by atoms with E-state index in [0.717, 1.165) is 48.7 Å². The minimum Gasteiger partial charge on any atom is -0.390 e. The number of unbranched alkanes of at least 4 members (excludes halogenated alkanes) is 1. The monoisotopic (exact) mass is 504 g/mol. The molecule has 1 aromatic carbocycles. The zero-order valence-corrected chi connectivity index (χ0v) is 23.0. The summed E-state index contributed by atoms with van der Waals surface area (Å²) in [7, 11) is 1.69. The fourth-order valence-corrected chi connectivity index (χ4v) is 4.61. The Morgan fingerprint density at radius 3 is 2.61 bits per heavy atom. The van der Waals surface area contributed by atoms with Gasteiger partial charge < -0.3 is 26.0 Å². The number of carbonyl (C=O) groups excluding carboxylic acids is 1. The van der Waals surface area contributed by atoms with E-state index in [2.05, 4.69) is 31.2 Å². The fraction of sp³-hybridized carbons (Fsp3) is 0.714. The summed E-state index contributed by atoms with van der Waals surface area (Å²) in [5.74, 6) is -0.0881. The van der Waals surface area contributed by atoms with Gasteiger partial charge in [-0.15, -0.1) is 0 Å². The summed E-state index contributed by atoms with van der Waals surface area (Å²) in [6.07, 6.45) is 4.31. The van der Waals surface area contributed by atoms with Crippen LogP contribution in [0.25, 0.3) is 10.9 Å². The number of nitrogens with zero attached hydrogens (tertiary/aromatic N) is 2. The van der Waals surface area contributed by atoms with Gasteiger partial charge in [0.2, 0.25) is 5.91 Å². The van der Waals surface area contributed by atoms with Crippen LogP contribution in [0.1, 0.15) is 78.4 Å². The lowest BCUT2D eigenvalue weighted by atomic mass is 9.81. The highest BCUT2D eigenvalue weighted by Gasteiger charge is 2.31. The largest absolute Gasteiger partial charge is 0.390 e. The van der Waals surface area contributed by atoms with Gasteiger partial charge in [-0.1, -0.05) is 59.6 Å². The van der Waals surface area contributed by atoms with Crippen LogP contribution in [0.3, 0.4) is 0 Å². The Morgan fingerprint density at radius 2 is 1.97 bits per heavy atom. The van der Waals surface area contributed by atoms with E-state index in [1.807, 2.05) is 42.9 Å². The molecule has 0 aliphatic rings. The first-order valence-electron chi connectivity index (χ1n) is 13.4. The zero-order valence-electron chi connectivity index (χ0n) is 23.0. The summed E-state index contributed by atoms with van der Waals surface area (Å²) < 4.78 is 7.09. The van der Waals surface area contributed by atoms with Crippen molar-refractivity contribution in [3.63, 3.8) is 0 Å². The van der Waals surface area contributed by atoms with Gasteiger partial charge in [0, 0.05) is 43.6 Å². The zero-order chi connectivity index (χ0) is 26.9. The number of aliphatic hydroxyl groups excluding tert-OH is 2. The number of methoxy groups -OCH3 is 1. The van der Waals surface area contributed by atoms with Crippen molar-refractivity contribution in [1.82, 2.24) is 15.1 Å². The molecule has 0 fully saturated rings. The Balaban J connectivity index is 2.05. The Kier molecular flexibility index (Phi) is 11.8. The molecule has 0 saturated heterocycles. The average Bonchev–Trinajstić information content (AvgIpc) is 3.25. The van der Waals surface area contributed by atoms with Crippen LogP contribution in [0.2, 0.25) is 0 Å². The van der Waals surface area contributed by atoms with Crippen LogP contribution in [0, 0.1) is 17.3 Å². The maximum atomic E-state index is 12.6. The molecule has 2 aromatic rings. The van der Waals surface area contributed by atoms with Crippen molar-refractivity contribution in [2.24, 2.45) is 23.0 Å². The number of benzene rings is 1. The van der Waals surface area contributed by atoms with E-state index >= 15 is 0 Å². The van der Waals surface area contributed by atoms with Crippen molar-refractivity contribution in [2.45, 2.75) is 91.5 Å². The maximum absolute atomic E-state index is 12.6. The fourth-order valence-electron chi connectivity index (χ4n) is 4.61. The highest BCUT2D eigenvalue weighted by atomic mass is 16.5. The highest BCUT2D eigenvalue weighted by molar-refractivity contribution is 5.81. The van der Waals surface area contributed by atoms with Crippen LogP contribution >= 0.6 is 0 Å². The number of carbonyl (C=O) groups is 1. The number of fused-ring (bicyclic) bond motifs is 1. The predicted octanol–water partition coefficient (Wildman–Crippen LogP) is 3.79. The van der Waals surface area contributed by atoms with Crippen molar-refractivity contribution in [1.29, 1.82) is 0 Å². The number of rotatable bonds is 16. The van der Waals surface area contributed by atoms with E-state index < -0.39 is 23.7 Å². The van der Waals surface area contributed by atoms with E-state index in [4.69, 9.17) is 10.5 Å². The lowest BCUT2D eigenvalue weighted by molar-refractivity contribution is -0.130. The molecule has 0 spiro atoms. The smallest absolute Gasteiger partial charge is 0.225 e. The lowest BCUT2D eigenvalue weighted by Gasteiger charge is -2.31. The molecular formula is C28H48N4O4. The number of aryl methyl sites for hydroxylation is 1. The molecule has 0 radical (unpaired) electrons. The molecule has 1 aromatic heterocycles. The second kappa shape index (κ2) is 14.1. The maximum Gasteiger partial charge on any atom is 0.225 e. The van der Waals surface area contributed by atoms with Crippen LogP contribution in [0.4, 0.5) is 0 Å². The lowest BCUT2D eigenvalue weighted by Crippen LogP contribution is -2.47. The van der Waals surface area contributed by atoms with Crippen molar-refractivity contribution < 1.29 is 19.7 Å². The summed E-state index contributed by atoms with van der Waals surface area (Å²) in [6.45, 7) is 11.6. The molecule has 1 heterocycles. The van der Waals surface area contributed by atoms with Gasteiger partial charge in [0.25, 0.3) is 0 Å². The summed E-state index contributed by atoms with van der Waals surface area (Å²) >= 11 is 0.